The van der Waals surface area contributed by atoms with Gasteiger partial charge in [0, 0.05) is 18.8 Å². The highest BCUT2D eigenvalue weighted by Gasteiger charge is 2.44. The summed E-state index contributed by atoms with van der Waals surface area (Å²) < 4.78 is 0. The number of urea groups is 1. The van der Waals surface area contributed by atoms with Crippen molar-refractivity contribution in [1.29, 1.82) is 0 Å². The van der Waals surface area contributed by atoms with E-state index in [0.717, 1.165) is 17.7 Å². The Morgan fingerprint density at radius 3 is 2.33 bits per heavy atom. The minimum atomic E-state index is -0.589. The van der Waals surface area contributed by atoms with Gasteiger partial charge < -0.3 is 4.90 Å². The van der Waals surface area contributed by atoms with Gasteiger partial charge in [-0.05, 0) is 37.8 Å². The lowest BCUT2D eigenvalue weighted by Gasteiger charge is -2.31. The topological polar surface area (TPSA) is 60.9 Å². The summed E-state index contributed by atoms with van der Waals surface area (Å²) in [5.41, 5.74) is 0.671. The highest BCUT2D eigenvalue weighted by molar-refractivity contribution is 6.15. The van der Waals surface area contributed by atoms with E-state index in [2.05, 4.69) is 6.92 Å². The summed E-state index contributed by atoms with van der Waals surface area (Å²) in [5, 5.41) is 0. The molecule has 1 unspecified atom stereocenters. The molecule has 0 spiro atoms. The van der Waals surface area contributed by atoms with Gasteiger partial charge in [-0.25, -0.2) is 4.79 Å². The molecule has 2 fully saturated rings. The van der Waals surface area contributed by atoms with E-state index in [1.165, 1.54) is 4.90 Å². The lowest BCUT2D eigenvalue weighted by molar-refractivity contribution is -0.138. The molecule has 0 bridgehead atoms. The van der Waals surface area contributed by atoms with Crippen molar-refractivity contribution in [1.82, 2.24) is 9.80 Å². The molecule has 0 aromatic heterocycles. The molecule has 2 saturated heterocycles. The Hall–Kier alpha value is -2.37. The Morgan fingerprint density at radius 2 is 1.71 bits per heavy atom. The number of anilines is 1. The first kappa shape index (κ1) is 16.5. The zero-order valence-electron chi connectivity index (χ0n) is 14.1. The summed E-state index contributed by atoms with van der Waals surface area (Å²) in [6.45, 7) is 5.11. The van der Waals surface area contributed by atoms with E-state index in [1.54, 1.807) is 24.0 Å². The summed E-state index contributed by atoms with van der Waals surface area (Å²) in [5.74, 6) is 0.158. The van der Waals surface area contributed by atoms with Gasteiger partial charge in [0.05, 0.1) is 0 Å². The fourth-order valence-corrected chi connectivity index (χ4v) is 3.29. The van der Waals surface area contributed by atoms with Gasteiger partial charge in [0.2, 0.25) is 5.91 Å². The molecule has 0 N–H and O–H groups in total. The Labute approximate surface area is 142 Å². The Morgan fingerprint density at radius 1 is 1.08 bits per heavy atom. The van der Waals surface area contributed by atoms with Crippen molar-refractivity contribution in [2.75, 3.05) is 24.5 Å². The Bertz CT molecular complexity index is 638. The van der Waals surface area contributed by atoms with Crippen LogP contribution in [0.15, 0.2) is 30.3 Å². The number of carbonyl (C=O) groups is 3. The van der Waals surface area contributed by atoms with Crippen LogP contribution in [-0.4, -0.2) is 53.3 Å². The minimum Gasteiger partial charge on any atom is -0.341 e. The van der Waals surface area contributed by atoms with E-state index in [9.17, 15) is 14.4 Å². The molecule has 0 radical (unpaired) electrons. The van der Waals surface area contributed by atoms with Crippen molar-refractivity contribution in [3.05, 3.63) is 30.3 Å². The van der Waals surface area contributed by atoms with Crippen molar-refractivity contribution < 1.29 is 14.4 Å². The normalized spacial score (nSPS) is 22.4. The molecule has 6 heteroatoms. The van der Waals surface area contributed by atoms with E-state index in [1.807, 2.05) is 18.2 Å². The summed E-state index contributed by atoms with van der Waals surface area (Å²) in [4.78, 5) is 41.9. The zero-order chi connectivity index (χ0) is 17.3. The number of amides is 4. The third-order valence-electron chi connectivity index (χ3n) is 4.91. The van der Waals surface area contributed by atoms with Gasteiger partial charge >= 0.3 is 6.03 Å². The fourth-order valence-electron chi connectivity index (χ4n) is 3.29. The van der Waals surface area contributed by atoms with Gasteiger partial charge in [-0.1, -0.05) is 25.1 Å². The van der Waals surface area contributed by atoms with E-state index in [4.69, 9.17) is 0 Å². The average molecular weight is 329 g/mol. The Kier molecular flexibility index (Phi) is 4.55. The molecule has 2 aliphatic rings. The van der Waals surface area contributed by atoms with Gasteiger partial charge in [-0.2, -0.15) is 0 Å². The largest absolute Gasteiger partial charge is 0.341 e. The van der Waals surface area contributed by atoms with E-state index in [-0.39, 0.29) is 18.4 Å². The van der Waals surface area contributed by atoms with Crippen molar-refractivity contribution in [2.45, 2.75) is 32.7 Å². The smallest absolute Gasteiger partial charge is 0.332 e. The van der Waals surface area contributed by atoms with Gasteiger partial charge in [-0.3, -0.25) is 19.4 Å². The molecule has 1 atom stereocenters. The Balaban J connectivity index is 1.71. The quantitative estimate of drug-likeness (QED) is 0.798. The fraction of sp³-hybridized carbons (Fsp3) is 0.500. The number of piperidine rings is 1. The van der Waals surface area contributed by atoms with Gasteiger partial charge in [0.15, 0.2) is 0 Å². The van der Waals surface area contributed by atoms with Gasteiger partial charge in [0.1, 0.15) is 12.6 Å². The van der Waals surface area contributed by atoms with Crippen LogP contribution in [0.2, 0.25) is 0 Å². The van der Waals surface area contributed by atoms with E-state index < -0.39 is 12.1 Å². The van der Waals surface area contributed by atoms with Crippen LogP contribution in [0.4, 0.5) is 10.5 Å². The monoisotopic (exact) mass is 329 g/mol. The number of rotatable bonds is 3. The molecular weight excluding hydrogens is 306 g/mol. The molecule has 3 rings (SSSR count). The van der Waals surface area contributed by atoms with E-state index >= 15 is 0 Å². The van der Waals surface area contributed by atoms with Gasteiger partial charge in [0.25, 0.3) is 5.91 Å². The minimum absolute atomic E-state index is 0.147. The second kappa shape index (κ2) is 6.63. The third kappa shape index (κ3) is 3.00. The molecule has 0 aliphatic carbocycles. The lowest BCUT2D eigenvalue weighted by atomic mass is 9.99. The first-order valence-corrected chi connectivity index (χ1v) is 8.46. The SMILES string of the molecule is CC1CCN(C(=O)CN2C(=O)C(C)N(c3ccccc3)C2=O)CC1. The number of hydrogen-bond donors (Lipinski definition) is 0. The maximum atomic E-state index is 12.7. The number of benzene rings is 1. The zero-order valence-corrected chi connectivity index (χ0v) is 14.1. The standard InChI is InChI=1S/C18H23N3O3/c1-13-8-10-19(11-9-13)16(22)12-20-17(23)14(2)21(18(20)24)15-6-4-3-5-7-15/h3-7,13-14H,8-12H2,1-2H3. The van der Waals surface area contributed by atoms with Crippen LogP contribution >= 0.6 is 0 Å². The molecule has 2 aliphatic heterocycles. The summed E-state index contributed by atoms with van der Waals surface area (Å²) in [6, 6.07) is 8.07. The van der Waals surface area contributed by atoms with Crippen LogP contribution in [0.25, 0.3) is 0 Å². The summed E-state index contributed by atoms with van der Waals surface area (Å²) >= 11 is 0. The number of carbonyl (C=O) groups excluding carboxylic acids is 3. The van der Waals surface area contributed by atoms with Crippen LogP contribution in [0, 0.1) is 5.92 Å². The first-order chi connectivity index (χ1) is 11.5. The summed E-state index contributed by atoms with van der Waals surface area (Å²) in [6.07, 6.45) is 1.94. The molecule has 4 amide bonds. The molecule has 1 aromatic carbocycles. The molecular formula is C18H23N3O3. The molecule has 1 aromatic rings. The highest BCUT2D eigenvalue weighted by atomic mass is 16.2. The van der Waals surface area contributed by atoms with Crippen molar-refractivity contribution in [3.8, 4) is 0 Å². The number of imide groups is 1. The predicted molar refractivity (Wildman–Crippen MR) is 90.5 cm³/mol. The van der Waals surface area contributed by atoms with Crippen LogP contribution in [-0.2, 0) is 9.59 Å². The van der Waals surface area contributed by atoms with Crippen molar-refractivity contribution >= 4 is 23.5 Å². The highest BCUT2D eigenvalue weighted by Crippen LogP contribution is 2.25. The number of hydrogen-bond acceptors (Lipinski definition) is 3. The van der Waals surface area contributed by atoms with Crippen LogP contribution in [0.3, 0.4) is 0 Å². The van der Waals surface area contributed by atoms with Crippen LogP contribution in [0.5, 0.6) is 0 Å². The molecule has 24 heavy (non-hydrogen) atoms. The van der Waals surface area contributed by atoms with E-state index in [0.29, 0.717) is 24.7 Å². The molecule has 2 heterocycles. The number of para-hydroxylation sites is 1. The maximum Gasteiger partial charge on any atom is 0.332 e. The van der Waals surface area contributed by atoms with Crippen LogP contribution in [0.1, 0.15) is 26.7 Å². The van der Waals surface area contributed by atoms with Gasteiger partial charge in [-0.15, -0.1) is 0 Å². The average Bonchev–Trinajstić information content (AvgIpc) is 2.80. The predicted octanol–water partition coefficient (Wildman–Crippen LogP) is 2.10. The molecule has 0 saturated carbocycles. The molecule has 6 nitrogen and oxygen atoms in total. The third-order valence-corrected chi connectivity index (χ3v) is 4.91. The summed E-state index contributed by atoms with van der Waals surface area (Å²) in [7, 11) is 0. The number of nitrogens with zero attached hydrogens (tertiary/aromatic N) is 3. The molecule has 128 valence electrons. The number of likely N-dealkylation sites (tertiary alicyclic amines) is 1. The first-order valence-electron chi connectivity index (χ1n) is 8.46. The maximum absolute atomic E-state index is 12.7. The second-order valence-electron chi connectivity index (χ2n) is 6.65. The second-order valence-corrected chi connectivity index (χ2v) is 6.65. The van der Waals surface area contributed by atoms with Crippen LogP contribution < -0.4 is 4.90 Å². The lowest BCUT2D eigenvalue weighted by Crippen LogP contribution is -2.46. The van der Waals surface area contributed by atoms with Crippen molar-refractivity contribution in [3.63, 3.8) is 0 Å². The van der Waals surface area contributed by atoms with Crippen molar-refractivity contribution in [2.24, 2.45) is 5.92 Å².